The van der Waals surface area contributed by atoms with E-state index in [1.54, 1.807) is 0 Å². The Bertz CT molecular complexity index is 452. The number of hydrogen-bond acceptors (Lipinski definition) is 3. The van der Waals surface area contributed by atoms with Crippen LogP contribution < -0.4 is 5.73 Å². The number of carbonyl (C=O) groups excluding carboxylic acids is 1. The second kappa shape index (κ2) is 6.32. The van der Waals surface area contributed by atoms with E-state index in [9.17, 15) is 14.0 Å². The summed E-state index contributed by atoms with van der Waals surface area (Å²) < 4.78 is 13.5. The third-order valence-corrected chi connectivity index (χ3v) is 2.38. The van der Waals surface area contributed by atoms with Crippen molar-refractivity contribution in [2.45, 2.75) is 6.54 Å². The molecule has 0 heterocycles. The molecule has 98 valence electrons. The first-order valence-corrected chi connectivity index (χ1v) is 5.42. The number of nitrogens with zero attached hydrogens (tertiary/aromatic N) is 1. The second-order valence-corrected chi connectivity index (χ2v) is 4.18. The number of carboxylic acids is 1. The Morgan fingerprint density at radius 3 is 2.61 bits per heavy atom. The molecule has 5 nitrogen and oxygen atoms in total. The normalized spacial score (nSPS) is 10.6. The van der Waals surface area contributed by atoms with Gasteiger partial charge in [-0.25, -0.2) is 4.39 Å². The van der Waals surface area contributed by atoms with Crippen molar-refractivity contribution in [2.75, 3.05) is 13.1 Å². The number of aliphatic carboxylic acids is 1. The summed E-state index contributed by atoms with van der Waals surface area (Å²) in [6.07, 6.45) is 0. The summed E-state index contributed by atoms with van der Waals surface area (Å²) in [5, 5.41) is 9.02. The van der Waals surface area contributed by atoms with Crippen LogP contribution >= 0.6 is 11.6 Å². The SMILES string of the molecule is NC(=O)CN(CC(=O)O)Cc1cc(Cl)ccc1F. The third kappa shape index (κ3) is 4.68. The van der Waals surface area contributed by atoms with Crippen molar-refractivity contribution in [1.82, 2.24) is 4.90 Å². The highest BCUT2D eigenvalue weighted by Gasteiger charge is 2.15. The maximum atomic E-state index is 13.5. The highest BCUT2D eigenvalue weighted by molar-refractivity contribution is 6.30. The van der Waals surface area contributed by atoms with Gasteiger partial charge in [0.25, 0.3) is 0 Å². The smallest absolute Gasteiger partial charge is 0.317 e. The number of amides is 1. The minimum Gasteiger partial charge on any atom is -0.480 e. The van der Waals surface area contributed by atoms with Crippen molar-refractivity contribution >= 4 is 23.5 Å². The van der Waals surface area contributed by atoms with Gasteiger partial charge in [-0.1, -0.05) is 11.6 Å². The van der Waals surface area contributed by atoms with Crippen LogP contribution in [0.3, 0.4) is 0 Å². The molecule has 7 heteroatoms. The number of carboxylic acid groups (broad SMARTS) is 1. The minimum atomic E-state index is -1.13. The predicted molar refractivity (Wildman–Crippen MR) is 63.5 cm³/mol. The minimum absolute atomic E-state index is 0.0539. The van der Waals surface area contributed by atoms with Gasteiger partial charge in [0.1, 0.15) is 5.82 Å². The average Bonchev–Trinajstić information content (AvgIpc) is 2.21. The summed E-state index contributed by atoms with van der Waals surface area (Å²) in [6, 6.07) is 3.95. The van der Waals surface area contributed by atoms with Gasteiger partial charge in [-0.05, 0) is 18.2 Å². The zero-order valence-electron chi connectivity index (χ0n) is 9.40. The van der Waals surface area contributed by atoms with Gasteiger partial charge in [-0.15, -0.1) is 0 Å². The zero-order valence-corrected chi connectivity index (χ0v) is 10.2. The van der Waals surface area contributed by atoms with E-state index >= 15 is 0 Å². The number of nitrogens with two attached hydrogens (primary N) is 1. The molecule has 0 spiro atoms. The molecule has 1 aromatic rings. The summed E-state index contributed by atoms with van der Waals surface area (Å²) in [4.78, 5) is 22.6. The van der Waals surface area contributed by atoms with Gasteiger partial charge in [0.2, 0.25) is 5.91 Å². The van der Waals surface area contributed by atoms with Crippen molar-refractivity contribution < 1.29 is 19.1 Å². The van der Waals surface area contributed by atoms with Gasteiger partial charge in [0.05, 0.1) is 13.1 Å². The number of benzene rings is 1. The van der Waals surface area contributed by atoms with Crippen LogP contribution in [0, 0.1) is 5.82 Å². The van der Waals surface area contributed by atoms with E-state index in [1.165, 1.54) is 23.1 Å². The number of halogens is 2. The van der Waals surface area contributed by atoms with Gasteiger partial charge in [0, 0.05) is 17.1 Å². The van der Waals surface area contributed by atoms with E-state index in [4.69, 9.17) is 22.4 Å². The lowest BCUT2D eigenvalue weighted by molar-refractivity contribution is -0.138. The fraction of sp³-hybridized carbons (Fsp3) is 0.273. The largest absolute Gasteiger partial charge is 0.480 e. The lowest BCUT2D eigenvalue weighted by Gasteiger charge is -2.18. The first-order valence-electron chi connectivity index (χ1n) is 5.05. The van der Waals surface area contributed by atoms with Crippen molar-refractivity contribution in [3.8, 4) is 0 Å². The maximum Gasteiger partial charge on any atom is 0.317 e. The van der Waals surface area contributed by atoms with Crippen LogP contribution in [0.1, 0.15) is 5.56 Å². The van der Waals surface area contributed by atoms with Gasteiger partial charge in [0.15, 0.2) is 0 Å². The molecule has 0 aromatic heterocycles. The first kappa shape index (κ1) is 14.4. The van der Waals surface area contributed by atoms with E-state index in [1.807, 2.05) is 0 Å². The molecule has 0 fully saturated rings. The summed E-state index contributed by atoms with van der Waals surface area (Å²) in [6.45, 7) is -0.727. The highest BCUT2D eigenvalue weighted by atomic mass is 35.5. The molecule has 3 N–H and O–H groups in total. The molecule has 1 rings (SSSR count). The van der Waals surface area contributed by atoms with Crippen molar-refractivity contribution in [3.05, 3.63) is 34.6 Å². The zero-order chi connectivity index (χ0) is 13.7. The van der Waals surface area contributed by atoms with E-state index in [-0.39, 0.29) is 18.7 Å². The molecule has 0 radical (unpaired) electrons. The van der Waals surface area contributed by atoms with Crippen LogP contribution in [-0.2, 0) is 16.1 Å². The fourth-order valence-electron chi connectivity index (χ4n) is 1.48. The molecule has 0 bridgehead atoms. The second-order valence-electron chi connectivity index (χ2n) is 3.74. The van der Waals surface area contributed by atoms with Crippen molar-refractivity contribution in [2.24, 2.45) is 5.73 Å². The number of carbonyl (C=O) groups is 2. The van der Waals surface area contributed by atoms with Crippen LogP contribution in [0.2, 0.25) is 5.02 Å². The summed E-state index contributed by atoms with van der Waals surface area (Å²) in [7, 11) is 0. The fourth-order valence-corrected chi connectivity index (χ4v) is 1.68. The molecule has 1 amide bonds. The molecule has 1 aromatic carbocycles. The Kier molecular flexibility index (Phi) is 5.06. The quantitative estimate of drug-likeness (QED) is 0.805. The topological polar surface area (TPSA) is 83.6 Å². The van der Waals surface area contributed by atoms with Crippen LogP contribution in [-0.4, -0.2) is 35.0 Å². The Balaban J connectivity index is 2.84. The summed E-state index contributed by atoms with van der Waals surface area (Å²) in [5.74, 6) is -2.32. The molecule has 0 aliphatic rings. The molecule has 0 saturated carbocycles. The highest BCUT2D eigenvalue weighted by Crippen LogP contribution is 2.16. The van der Waals surface area contributed by atoms with Crippen LogP contribution in [0.5, 0.6) is 0 Å². The molecule has 0 unspecified atom stereocenters. The van der Waals surface area contributed by atoms with Crippen LogP contribution in [0.25, 0.3) is 0 Å². The summed E-state index contributed by atoms with van der Waals surface area (Å²) in [5.41, 5.74) is 5.21. The molecule has 0 atom stereocenters. The number of primary amides is 1. The van der Waals surface area contributed by atoms with E-state index in [2.05, 4.69) is 0 Å². The van der Waals surface area contributed by atoms with Crippen LogP contribution in [0.15, 0.2) is 18.2 Å². The third-order valence-electron chi connectivity index (χ3n) is 2.14. The Hall–Kier alpha value is -1.66. The molecule has 0 aliphatic heterocycles. The number of hydrogen-bond donors (Lipinski definition) is 2. The average molecular weight is 275 g/mol. The van der Waals surface area contributed by atoms with Crippen LogP contribution in [0.4, 0.5) is 4.39 Å². The molecular formula is C11H12ClFN2O3. The van der Waals surface area contributed by atoms with E-state index < -0.39 is 24.2 Å². The molecule has 0 aliphatic carbocycles. The molecule has 0 saturated heterocycles. The van der Waals surface area contributed by atoms with Crippen molar-refractivity contribution in [3.63, 3.8) is 0 Å². The van der Waals surface area contributed by atoms with E-state index in [0.717, 1.165) is 0 Å². The monoisotopic (exact) mass is 274 g/mol. The first-order chi connectivity index (χ1) is 8.38. The standard InChI is InChI=1S/C11H12ClFN2O3/c12-8-1-2-9(13)7(3-8)4-15(5-10(14)16)6-11(17)18/h1-3H,4-6H2,(H2,14,16)(H,17,18). The Labute approximate surface area is 108 Å². The van der Waals surface area contributed by atoms with E-state index in [0.29, 0.717) is 5.02 Å². The van der Waals surface area contributed by atoms with Gasteiger partial charge < -0.3 is 10.8 Å². The Morgan fingerprint density at radius 2 is 2.06 bits per heavy atom. The number of rotatable bonds is 6. The van der Waals surface area contributed by atoms with Gasteiger partial charge in [-0.3, -0.25) is 14.5 Å². The van der Waals surface area contributed by atoms with Gasteiger partial charge in [-0.2, -0.15) is 0 Å². The lowest BCUT2D eigenvalue weighted by atomic mass is 10.2. The molecular weight excluding hydrogens is 263 g/mol. The van der Waals surface area contributed by atoms with Crippen molar-refractivity contribution in [1.29, 1.82) is 0 Å². The Morgan fingerprint density at radius 1 is 1.39 bits per heavy atom. The summed E-state index contributed by atoms with van der Waals surface area (Å²) >= 11 is 5.72. The molecule has 18 heavy (non-hydrogen) atoms. The predicted octanol–water partition coefficient (Wildman–Crippen LogP) is 0.851. The lowest BCUT2D eigenvalue weighted by Crippen LogP contribution is -2.37. The van der Waals surface area contributed by atoms with Gasteiger partial charge >= 0.3 is 5.97 Å². The maximum absolute atomic E-state index is 13.5.